The van der Waals surface area contributed by atoms with Gasteiger partial charge in [-0.25, -0.2) is 0 Å². The van der Waals surface area contributed by atoms with E-state index in [1.165, 1.54) is 12.1 Å². The molecule has 1 atom stereocenters. The smallest absolute Gasteiger partial charge is 0.416 e. The molecule has 5 heteroatoms. The SMILES string of the molecule is CC(C)CNCCC(C)(Oc1ccc(C(F)(F)F)cc1)c1ccccc1. The van der Waals surface area contributed by atoms with Crippen LogP contribution in [0.4, 0.5) is 13.2 Å². The highest BCUT2D eigenvalue weighted by molar-refractivity contribution is 5.31. The van der Waals surface area contributed by atoms with Gasteiger partial charge in [-0.1, -0.05) is 44.2 Å². The zero-order valence-electron chi connectivity index (χ0n) is 15.4. The molecule has 0 saturated carbocycles. The van der Waals surface area contributed by atoms with Crippen molar-refractivity contribution in [3.05, 3.63) is 65.7 Å². The number of hydrogen-bond acceptors (Lipinski definition) is 2. The molecular weight excluding hydrogens is 339 g/mol. The van der Waals surface area contributed by atoms with Gasteiger partial charge in [0.05, 0.1) is 5.56 Å². The summed E-state index contributed by atoms with van der Waals surface area (Å²) in [6, 6.07) is 14.6. The highest BCUT2D eigenvalue weighted by atomic mass is 19.4. The Hall–Kier alpha value is -2.01. The van der Waals surface area contributed by atoms with Gasteiger partial charge in [0, 0.05) is 6.42 Å². The van der Waals surface area contributed by atoms with Crippen LogP contribution in [0.5, 0.6) is 5.75 Å². The van der Waals surface area contributed by atoms with Gasteiger partial charge in [0.1, 0.15) is 11.4 Å². The molecule has 0 aromatic heterocycles. The van der Waals surface area contributed by atoms with Crippen LogP contribution in [-0.2, 0) is 11.8 Å². The van der Waals surface area contributed by atoms with Crippen molar-refractivity contribution in [2.45, 2.75) is 39.0 Å². The summed E-state index contributed by atoms with van der Waals surface area (Å²) >= 11 is 0. The summed E-state index contributed by atoms with van der Waals surface area (Å²) in [6.45, 7) is 7.91. The average Bonchev–Trinajstić information content (AvgIpc) is 2.59. The van der Waals surface area contributed by atoms with Crippen molar-refractivity contribution >= 4 is 0 Å². The fourth-order valence-electron chi connectivity index (χ4n) is 2.73. The number of nitrogens with one attached hydrogen (secondary N) is 1. The molecule has 1 unspecified atom stereocenters. The van der Waals surface area contributed by atoms with Crippen LogP contribution in [0.25, 0.3) is 0 Å². The highest BCUT2D eigenvalue weighted by Crippen LogP contribution is 2.34. The quantitative estimate of drug-likeness (QED) is 0.612. The summed E-state index contributed by atoms with van der Waals surface area (Å²) in [4.78, 5) is 0. The van der Waals surface area contributed by atoms with Crippen molar-refractivity contribution < 1.29 is 17.9 Å². The molecule has 0 fully saturated rings. The summed E-state index contributed by atoms with van der Waals surface area (Å²) in [5.74, 6) is 0.974. The molecule has 26 heavy (non-hydrogen) atoms. The minimum Gasteiger partial charge on any atom is -0.483 e. The monoisotopic (exact) mass is 365 g/mol. The molecular formula is C21H26F3NO. The first-order valence-corrected chi connectivity index (χ1v) is 8.83. The van der Waals surface area contributed by atoms with Crippen molar-refractivity contribution in [3.8, 4) is 5.75 Å². The normalized spacial score (nSPS) is 14.3. The van der Waals surface area contributed by atoms with Crippen molar-refractivity contribution in [3.63, 3.8) is 0 Å². The third kappa shape index (κ3) is 5.77. The number of hydrogen-bond donors (Lipinski definition) is 1. The van der Waals surface area contributed by atoms with Crippen LogP contribution in [0.15, 0.2) is 54.6 Å². The molecule has 0 aliphatic heterocycles. The maximum absolute atomic E-state index is 12.7. The Labute approximate surface area is 153 Å². The van der Waals surface area contributed by atoms with Crippen LogP contribution >= 0.6 is 0 Å². The molecule has 2 aromatic rings. The Kier molecular flexibility index (Phi) is 6.70. The molecule has 0 aliphatic carbocycles. The predicted molar refractivity (Wildman–Crippen MR) is 98.2 cm³/mol. The van der Waals surface area contributed by atoms with E-state index in [-0.39, 0.29) is 0 Å². The first-order chi connectivity index (χ1) is 12.2. The summed E-state index contributed by atoms with van der Waals surface area (Å²) in [5, 5.41) is 3.40. The van der Waals surface area contributed by atoms with Gasteiger partial charge >= 0.3 is 6.18 Å². The van der Waals surface area contributed by atoms with Crippen molar-refractivity contribution in [2.75, 3.05) is 13.1 Å². The zero-order chi connectivity index (χ0) is 19.2. The van der Waals surface area contributed by atoms with Crippen LogP contribution in [0.2, 0.25) is 0 Å². The van der Waals surface area contributed by atoms with Crippen molar-refractivity contribution in [1.29, 1.82) is 0 Å². The molecule has 0 bridgehead atoms. The van der Waals surface area contributed by atoms with Crippen LogP contribution in [0.3, 0.4) is 0 Å². The van der Waals surface area contributed by atoms with E-state index in [9.17, 15) is 13.2 Å². The van der Waals surface area contributed by atoms with Gasteiger partial charge in [0.2, 0.25) is 0 Å². The van der Waals surface area contributed by atoms with E-state index < -0.39 is 17.3 Å². The molecule has 0 spiro atoms. The Morgan fingerprint density at radius 2 is 1.54 bits per heavy atom. The number of halogens is 3. The van der Waals surface area contributed by atoms with Crippen molar-refractivity contribution in [1.82, 2.24) is 5.32 Å². The maximum Gasteiger partial charge on any atom is 0.416 e. The molecule has 2 rings (SSSR count). The fourth-order valence-corrected chi connectivity index (χ4v) is 2.73. The second kappa shape index (κ2) is 8.58. The lowest BCUT2D eigenvalue weighted by Crippen LogP contribution is -2.34. The topological polar surface area (TPSA) is 21.3 Å². The maximum atomic E-state index is 12.7. The molecule has 0 heterocycles. The van der Waals surface area contributed by atoms with Gasteiger partial charge in [-0.05, 0) is 55.8 Å². The van der Waals surface area contributed by atoms with Crippen LogP contribution < -0.4 is 10.1 Å². The lowest BCUT2D eigenvalue weighted by Gasteiger charge is -2.32. The summed E-state index contributed by atoms with van der Waals surface area (Å²) in [5.41, 5.74) is -0.318. The zero-order valence-corrected chi connectivity index (χ0v) is 15.4. The first kappa shape index (κ1) is 20.3. The molecule has 142 valence electrons. The molecule has 0 radical (unpaired) electrons. The van der Waals surface area contributed by atoms with Gasteiger partial charge < -0.3 is 10.1 Å². The summed E-state index contributed by atoms with van der Waals surface area (Å²) in [6.07, 6.45) is -3.65. The van der Waals surface area contributed by atoms with Gasteiger partial charge in [0.25, 0.3) is 0 Å². The number of rotatable bonds is 8. The van der Waals surface area contributed by atoms with E-state index in [4.69, 9.17) is 4.74 Å². The minimum absolute atomic E-state index is 0.424. The minimum atomic E-state index is -4.35. The second-order valence-corrected chi connectivity index (χ2v) is 7.07. The van der Waals surface area contributed by atoms with E-state index in [0.717, 1.165) is 30.8 Å². The molecule has 0 amide bonds. The van der Waals surface area contributed by atoms with Gasteiger partial charge in [-0.2, -0.15) is 13.2 Å². The third-order valence-corrected chi connectivity index (χ3v) is 4.24. The second-order valence-electron chi connectivity index (χ2n) is 7.07. The highest BCUT2D eigenvalue weighted by Gasteiger charge is 2.31. The molecule has 2 nitrogen and oxygen atoms in total. The van der Waals surface area contributed by atoms with E-state index in [1.807, 2.05) is 37.3 Å². The largest absolute Gasteiger partial charge is 0.483 e. The standard InChI is InChI=1S/C21H26F3NO/c1-16(2)15-25-14-13-20(3,17-7-5-4-6-8-17)26-19-11-9-18(10-12-19)21(22,23)24/h4-12,16,25H,13-15H2,1-3H3. The Bertz CT molecular complexity index is 668. The van der Waals surface area contributed by atoms with Gasteiger partial charge in [-0.15, -0.1) is 0 Å². The fraction of sp³-hybridized carbons (Fsp3) is 0.429. The van der Waals surface area contributed by atoms with E-state index in [2.05, 4.69) is 19.2 Å². The van der Waals surface area contributed by atoms with E-state index >= 15 is 0 Å². The Morgan fingerprint density at radius 1 is 0.923 bits per heavy atom. The number of alkyl halides is 3. The van der Waals surface area contributed by atoms with Crippen LogP contribution in [0, 0.1) is 5.92 Å². The summed E-state index contributed by atoms with van der Waals surface area (Å²) in [7, 11) is 0. The number of benzene rings is 2. The van der Waals surface area contributed by atoms with E-state index in [0.29, 0.717) is 18.1 Å². The molecule has 0 aliphatic rings. The lowest BCUT2D eigenvalue weighted by atomic mass is 9.92. The third-order valence-electron chi connectivity index (χ3n) is 4.24. The molecule has 2 aromatic carbocycles. The molecule has 1 N–H and O–H groups in total. The van der Waals surface area contributed by atoms with Gasteiger partial charge in [0.15, 0.2) is 0 Å². The van der Waals surface area contributed by atoms with Gasteiger partial charge in [-0.3, -0.25) is 0 Å². The first-order valence-electron chi connectivity index (χ1n) is 8.83. The lowest BCUT2D eigenvalue weighted by molar-refractivity contribution is -0.137. The average molecular weight is 365 g/mol. The Morgan fingerprint density at radius 3 is 2.08 bits per heavy atom. The van der Waals surface area contributed by atoms with Crippen LogP contribution in [0.1, 0.15) is 38.3 Å². The number of ether oxygens (including phenoxy) is 1. The summed E-state index contributed by atoms with van der Waals surface area (Å²) < 4.78 is 44.4. The Balaban J connectivity index is 2.16. The molecule has 0 saturated heterocycles. The predicted octanol–water partition coefficient (Wildman–Crippen LogP) is 5.64. The van der Waals surface area contributed by atoms with Crippen molar-refractivity contribution in [2.24, 2.45) is 5.92 Å². The van der Waals surface area contributed by atoms with Crippen LogP contribution in [-0.4, -0.2) is 13.1 Å². The van der Waals surface area contributed by atoms with E-state index in [1.54, 1.807) is 0 Å².